The molecular formula is C23H25F6N3O6. The lowest BCUT2D eigenvalue weighted by Crippen LogP contribution is -2.43. The number of hydrogen-bond acceptors (Lipinski definition) is 5. The zero-order chi connectivity index (χ0) is 28.8. The van der Waals surface area contributed by atoms with Crippen LogP contribution in [0.25, 0.3) is 0 Å². The number of halogens is 6. The molecule has 1 aromatic carbocycles. The highest BCUT2D eigenvalue weighted by Gasteiger charge is 2.46. The summed E-state index contributed by atoms with van der Waals surface area (Å²) in [5.74, 6) is -7.52. The Morgan fingerprint density at radius 3 is 2.11 bits per heavy atom. The first-order chi connectivity index (χ1) is 17.6. The molecule has 0 radical (unpaired) electrons. The van der Waals surface area contributed by atoms with Crippen LogP contribution in [0, 0.1) is 23.4 Å². The summed E-state index contributed by atoms with van der Waals surface area (Å²) < 4.78 is 77.5. The van der Waals surface area contributed by atoms with Crippen molar-refractivity contribution in [3.63, 3.8) is 0 Å². The summed E-state index contributed by atoms with van der Waals surface area (Å²) in [7, 11) is 0. The maximum absolute atomic E-state index is 13.8. The second-order valence-electron chi connectivity index (χ2n) is 8.83. The van der Waals surface area contributed by atoms with Gasteiger partial charge in [0, 0.05) is 56.2 Å². The largest absolute Gasteiger partial charge is 0.478 e. The quantitative estimate of drug-likeness (QED) is 0.267. The number of carbonyl (C=O) groups excluding carboxylic acids is 2. The zero-order valence-corrected chi connectivity index (χ0v) is 19.8. The summed E-state index contributed by atoms with van der Waals surface area (Å²) in [5, 5.41) is 15.6. The van der Waals surface area contributed by atoms with Crippen molar-refractivity contribution in [3.05, 3.63) is 47.3 Å². The van der Waals surface area contributed by atoms with Gasteiger partial charge in [-0.05, 0) is 24.5 Å². The Morgan fingerprint density at radius 2 is 1.55 bits per heavy atom. The van der Waals surface area contributed by atoms with Crippen LogP contribution in [-0.2, 0) is 25.6 Å². The highest BCUT2D eigenvalue weighted by molar-refractivity contribution is 5.89. The summed E-state index contributed by atoms with van der Waals surface area (Å²) >= 11 is 0. The number of nitrogens with zero attached hydrogens (tertiary/aromatic N) is 2. The van der Waals surface area contributed by atoms with E-state index in [0.717, 1.165) is 4.90 Å². The molecule has 2 heterocycles. The number of carbonyl (C=O) groups is 4. The molecule has 9 nitrogen and oxygen atoms in total. The van der Waals surface area contributed by atoms with Crippen molar-refractivity contribution in [3.8, 4) is 0 Å². The van der Waals surface area contributed by atoms with Crippen molar-refractivity contribution in [2.24, 2.45) is 11.7 Å². The van der Waals surface area contributed by atoms with Gasteiger partial charge in [-0.2, -0.15) is 13.2 Å². The molecule has 38 heavy (non-hydrogen) atoms. The molecule has 0 saturated carbocycles. The Bertz CT molecular complexity index is 1080. The van der Waals surface area contributed by atoms with Gasteiger partial charge in [-0.15, -0.1) is 0 Å². The number of hydrogen-bond donors (Lipinski definition) is 3. The number of nitrogens with two attached hydrogens (primary N) is 1. The van der Waals surface area contributed by atoms with E-state index in [-0.39, 0.29) is 49.4 Å². The molecule has 3 rings (SSSR count). The van der Waals surface area contributed by atoms with Crippen molar-refractivity contribution in [1.29, 1.82) is 0 Å². The molecule has 4 N–H and O–H groups in total. The highest BCUT2D eigenvalue weighted by atomic mass is 19.4. The number of carboxylic acids is 2. The standard InChI is InChI=1S/C19H21F6N3O2.C4H4O4/c20-13-6-15(22)14(21)4-11(13)3-12(26)5-17(29)28-2-1-10-8-27(9-16(10)28)18(30)7-19(23,24)25;5-3(6)1-2-4(7)8/h4,6,10,12,16H,1-3,5,7-9,26H2;1-2H,(H,5,6)(H,7,8)/b;2-1+/t10-,12+,16+;/m0./s1. The Kier molecular flexibility index (Phi) is 10.3. The number of rotatable bonds is 7. The van der Waals surface area contributed by atoms with Gasteiger partial charge >= 0.3 is 18.1 Å². The molecule has 3 atom stereocenters. The van der Waals surface area contributed by atoms with E-state index in [9.17, 15) is 45.5 Å². The molecule has 0 spiro atoms. The number of amides is 2. The van der Waals surface area contributed by atoms with Crippen molar-refractivity contribution in [1.82, 2.24) is 9.80 Å². The summed E-state index contributed by atoms with van der Waals surface area (Å²) in [6.45, 7) is 0.579. The summed E-state index contributed by atoms with van der Waals surface area (Å²) in [4.78, 5) is 46.2. The fourth-order valence-electron chi connectivity index (χ4n) is 4.32. The fourth-order valence-corrected chi connectivity index (χ4v) is 4.32. The van der Waals surface area contributed by atoms with Crippen LogP contribution in [0.5, 0.6) is 0 Å². The predicted octanol–water partition coefficient (Wildman–Crippen LogP) is 2.09. The van der Waals surface area contributed by atoms with Crippen LogP contribution >= 0.6 is 0 Å². The van der Waals surface area contributed by atoms with E-state index in [1.165, 1.54) is 4.90 Å². The molecule has 210 valence electrons. The Balaban J connectivity index is 0.000000550. The molecule has 0 aliphatic carbocycles. The molecule has 2 saturated heterocycles. The van der Waals surface area contributed by atoms with E-state index in [2.05, 4.69) is 0 Å². The van der Waals surface area contributed by atoms with Crippen LogP contribution < -0.4 is 5.73 Å². The minimum Gasteiger partial charge on any atom is -0.478 e. The second kappa shape index (κ2) is 12.8. The first-order valence-corrected chi connectivity index (χ1v) is 11.2. The average Bonchev–Trinajstić information content (AvgIpc) is 3.36. The van der Waals surface area contributed by atoms with Crippen LogP contribution in [0.3, 0.4) is 0 Å². The molecule has 0 unspecified atom stereocenters. The molecule has 2 aliphatic heterocycles. The van der Waals surface area contributed by atoms with Gasteiger partial charge in [-0.1, -0.05) is 0 Å². The third-order valence-corrected chi connectivity index (χ3v) is 5.95. The van der Waals surface area contributed by atoms with Crippen LogP contribution in [0.4, 0.5) is 26.3 Å². The number of likely N-dealkylation sites (tertiary alicyclic amines) is 2. The lowest BCUT2D eigenvalue weighted by Gasteiger charge is -2.26. The van der Waals surface area contributed by atoms with Crippen molar-refractivity contribution >= 4 is 23.8 Å². The smallest absolute Gasteiger partial charge is 0.397 e. The molecule has 2 amide bonds. The van der Waals surface area contributed by atoms with E-state index >= 15 is 0 Å². The summed E-state index contributed by atoms with van der Waals surface area (Å²) in [6, 6.07) is -0.140. The van der Waals surface area contributed by atoms with E-state index < -0.39 is 53.9 Å². The fraction of sp³-hybridized carbons (Fsp3) is 0.478. The van der Waals surface area contributed by atoms with Gasteiger partial charge in [0.2, 0.25) is 11.8 Å². The topological polar surface area (TPSA) is 141 Å². The molecule has 0 bridgehead atoms. The second-order valence-corrected chi connectivity index (χ2v) is 8.83. The molecule has 15 heteroatoms. The normalized spacial score (nSPS) is 19.7. The Morgan fingerprint density at radius 1 is 0.974 bits per heavy atom. The molecular weight excluding hydrogens is 528 g/mol. The van der Waals surface area contributed by atoms with E-state index in [1.807, 2.05) is 0 Å². The Hall–Kier alpha value is -3.62. The Labute approximate surface area is 212 Å². The lowest BCUT2D eigenvalue weighted by molar-refractivity contribution is -0.161. The molecule has 0 aromatic heterocycles. The van der Waals surface area contributed by atoms with Gasteiger partial charge in [-0.25, -0.2) is 22.8 Å². The van der Waals surface area contributed by atoms with E-state index in [4.69, 9.17) is 15.9 Å². The van der Waals surface area contributed by atoms with Crippen LogP contribution in [-0.4, -0.2) is 81.7 Å². The van der Waals surface area contributed by atoms with Gasteiger partial charge in [-0.3, -0.25) is 9.59 Å². The third-order valence-electron chi connectivity index (χ3n) is 5.95. The SMILES string of the molecule is N[C@@H](CC(=O)N1CC[C@H]2CN(C(=O)CC(F)(F)F)C[C@H]21)Cc1cc(F)c(F)cc1F.O=C(O)/C=C/C(=O)O. The number of alkyl halides is 3. The number of fused-ring (bicyclic) bond motifs is 1. The predicted molar refractivity (Wildman–Crippen MR) is 118 cm³/mol. The van der Waals surface area contributed by atoms with Crippen LogP contribution in [0.15, 0.2) is 24.3 Å². The van der Waals surface area contributed by atoms with E-state index in [0.29, 0.717) is 37.3 Å². The average molecular weight is 553 g/mol. The first kappa shape index (κ1) is 30.6. The van der Waals surface area contributed by atoms with Gasteiger partial charge in [0.1, 0.15) is 12.2 Å². The van der Waals surface area contributed by atoms with Gasteiger partial charge in [0.05, 0.1) is 6.04 Å². The summed E-state index contributed by atoms with van der Waals surface area (Å²) in [5.41, 5.74) is 5.74. The molecule has 1 aromatic rings. The van der Waals surface area contributed by atoms with Crippen molar-refractivity contribution in [2.45, 2.75) is 43.9 Å². The number of carboxylic acid groups (broad SMARTS) is 2. The van der Waals surface area contributed by atoms with Gasteiger partial charge in [0.25, 0.3) is 0 Å². The number of aliphatic carboxylic acids is 2. The third kappa shape index (κ3) is 9.04. The van der Waals surface area contributed by atoms with Gasteiger partial charge < -0.3 is 25.7 Å². The first-order valence-electron chi connectivity index (χ1n) is 11.2. The molecule has 2 aliphatic rings. The monoisotopic (exact) mass is 553 g/mol. The maximum Gasteiger partial charge on any atom is 0.397 e. The van der Waals surface area contributed by atoms with Crippen molar-refractivity contribution < 1.29 is 55.7 Å². The van der Waals surface area contributed by atoms with E-state index in [1.54, 1.807) is 0 Å². The van der Waals surface area contributed by atoms with Gasteiger partial charge in [0.15, 0.2) is 11.6 Å². The van der Waals surface area contributed by atoms with Crippen LogP contribution in [0.2, 0.25) is 0 Å². The number of benzene rings is 1. The zero-order valence-electron chi connectivity index (χ0n) is 19.8. The minimum atomic E-state index is -4.59. The molecule has 2 fully saturated rings. The lowest BCUT2D eigenvalue weighted by atomic mass is 10.0. The summed E-state index contributed by atoms with van der Waals surface area (Å²) in [6.07, 6.45) is -4.84. The minimum absolute atomic E-state index is 0.0262. The van der Waals surface area contributed by atoms with Crippen LogP contribution in [0.1, 0.15) is 24.8 Å². The maximum atomic E-state index is 13.8. The highest BCUT2D eigenvalue weighted by Crippen LogP contribution is 2.33. The van der Waals surface area contributed by atoms with Crippen molar-refractivity contribution in [2.75, 3.05) is 19.6 Å².